The molecule has 0 aromatic heterocycles. The molecule has 0 bridgehead atoms. The van der Waals surface area contributed by atoms with Crippen LogP contribution in [-0.2, 0) is 36.2 Å². The van der Waals surface area contributed by atoms with E-state index < -0.39 is 44.9 Å². The lowest BCUT2D eigenvalue weighted by atomic mass is 9.76. The van der Waals surface area contributed by atoms with Crippen LogP contribution in [0.1, 0.15) is 66.5 Å². The standard InChI is InChI=1S/C35H52N4O5S/c1-24(2)28(23-25(3)31(40)38-45(43,44)22-21-26-17-13-11-14-18-26)39(10)33(42)30(34(4,5)6)37-32(41)29(36-9)35(7,8)27-19-15-12-16-20-27/h11-20,23-24,28-30,36H,21-22H2,1-10H3,(H,37,41)(H,38,40). The van der Waals surface area contributed by atoms with Crippen LogP contribution in [0.25, 0.3) is 0 Å². The maximum Gasteiger partial charge on any atom is 0.260 e. The molecule has 3 N–H and O–H groups in total. The number of benzene rings is 2. The molecule has 45 heavy (non-hydrogen) atoms. The lowest BCUT2D eigenvalue weighted by Crippen LogP contribution is -2.61. The molecule has 0 spiro atoms. The largest absolute Gasteiger partial charge is 0.342 e. The SMILES string of the molecule is CNC(C(=O)NC(C(=O)N(C)C(C=C(C)C(=O)NS(=O)(=O)CCc1ccccc1)C(C)C)C(C)(C)C)C(C)(C)c1ccccc1. The second-order valence-electron chi connectivity index (χ2n) is 13.6. The maximum absolute atomic E-state index is 14.1. The first kappa shape index (κ1) is 37.7. The number of aryl methyl sites for hydroxylation is 1. The monoisotopic (exact) mass is 640 g/mol. The van der Waals surface area contributed by atoms with Crippen LogP contribution in [-0.4, -0.2) is 69.0 Å². The van der Waals surface area contributed by atoms with E-state index in [1.54, 1.807) is 20.2 Å². The summed E-state index contributed by atoms with van der Waals surface area (Å²) in [6.07, 6.45) is 1.88. The molecule has 3 unspecified atom stereocenters. The Morgan fingerprint density at radius 3 is 1.91 bits per heavy atom. The van der Waals surface area contributed by atoms with E-state index in [2.05, 4.69) is 15.4 Å². The number of amides is 3. The molecule has 0 heterocycles. The molecular weight excluding hydrogens is 588 g/mol. The van der Waals surface area contributed by atoms with Crippen molar-refractivity contribution in [3.05, 3.63) is 83.4 Å². The molecule has 10 heteroatoms. The molecule has 9 nitrogen and oxygen atoms in total. The summed E-state index contributed by atoms with van der Waals surface area (Å²) in [6, 6.07) is 16.9. The van der Waals surface area contributed by atoms with Crippen molar-refractivity contribution in [1.82, 2.24) is 20.3 Å². The Morgan fingerprint density at radius 1 is 0.889 bits per heavy atom. The van der Waals surface area contributed by atoms with Gasteiger partial charge < -0.3 is 15.5 Å². The highest BCUT2D eigenvalue weighted by atomic mass is 32.2. The summed E-state index contributed by atoms with van der Waals surface area (Å²) in [5.74, 6) is -1.71. The molecule has 2 aromatic rings. The zero-order valence-electron chi connectivity index (χ0n) is 28.5. The van der Waals surface area contributed by atoms with Gasteiger partial charge in [0, 0.05) is 18.0 Å². The third-order valence-electron chi connectivity index (χ3n) is 8.20. The molecular formula is C35H52N4O5S. The Kier molecular flexibility index (Phi) is 13.1. The van der Waals surface area contributed by atoms with E-state index in [0.717, 1.165) is 11.1 Å². The summed E-state index contributed by atoms with van der Waals surface area (Å²) in [5, 5.41) is 6.16. The van der Waals surface area contributed by atoms with Gasteiger partial charge in [-0.25, -0.2) is 13.1 Å². The number of hydrogen-bond donors (Lipinski definition) is 3. The van der Waals surface area contributed by atoms with Crippen LogP contribution in [0.5, 0.6) is 0 Å². The van der Waals surface area contributed by atoms with Crippen LogP contribution in [0.3, 0.4) is 0 Å². The molecule has 2 rings (SSSR count). The van der Waals surface area contributed by atoms with Gasteiger partial charge in [0.2, 0.25) is 21.8 Å². The number of rotatable bonds is 14. The molecule has 0 aliphatic heterocycles. The van der Waals surface area contributed by atoms with Gasteiger partial charge in [0.15, 0.2) is 0 Å². The fourth-order valence-corrected chi connectivity index (χ4v) is 6.38. The number of nitrogens with one attached hydrogen (secondary N) is 3. The highest BCUT2D eigenvalue weighted by Crippen LogP contribution is 2.29. The smallest absolute Gasteiger partial charge is 0.260 e. The molecule has 0 aliphatic carbocycles. The molecule has 0 aliphatic rings. The molecule has 2 aromatic carbocycles. The quantitative estimate of drug-likeness (QED) is 0.266. The van der Waals surface area contributed by atoms with E-state index in [-0.39, 0.29) is 35.5 Å². The number of hydrogen-bond acceptors (Lipinski definition) is 6. The summed E-state index contributed by atoms with van der Waals surface area (Å²) < 4.78 is 27.5. The van der Waals surface area contributed by atoms with Crippen LogP contribution in [0.2, 0.25) is 0 Å². The first-order valence-electron chi connectivity index (χ1n) is 15.4. The number of carbonyl (C=O) groups is 3. The number of likely N-dealkylation sites (N-methyl/N-ethyl adjacent to an activating group) is 2. The van der Waals surface area contributed by atoms with Crippen molar-refractivity contribution in [3.63, 3.8) is 0 Å². The van der Waals surface area contributed by atoms with E-state index >= 15 is 0 Å². The van der Waals surface area contributed by atoms with Crippen molar-refractivity contribution < 1.29 is 22.8 Å². The highest BCUT2D eigenvalue weighted by molar-refractivity contribution is 7.90. The fourth-order valence-electron chi connectivity index (χ4n) is 5.33. The van der Waals surface area contributed by atoms with Gasteiger partial charge in [-0.1, -0.05) is 115 Å². The van der Waals surface area contributed by atoms with E-state index in [0.29, 0.717) is 0 Å². The third kappa shape index (κ3) is 10.5. The maximum atomic E-state index is 14.1. The molecule has 0 fully saturated rings. The summed E-state index contributed by atoms with van der Waals surface area (Å²) in [5.41, 5.74) is 0.796. The number of sulfonamides is 1. The molecule has 0 radical (unpaired) electrons. The van der Waals surface area contributed by atoms with E-state index in [1.807, 2.05) is 109 Å². The second kappa shape index (κ2) is 15.7. The van der Waals surface area contributed by atoms with Gasteiger partial charge in [0.25, 0.3) is 5.91 Å². The van der Waals surface area contributed by atoms with Crippen LogP contribution in [0.4, 0.5) is 0 Å². The van der Waals surface area contributed by atoms with Gasteiger partial charge in [-0.3, -0.25) is 14.4 Å². The number of carbonyl (C=O) groups excluding carboxylic acids is 3. The first-order chi connectivity index (χ1) is 20.8. The zero-order chi connectivity index (χ0) is 34.2. The average Bonchev–Trinajstić information content (AvgIpc) is 2.97. The zero-order valence-corrected chi connectivity index (χ0v) is 29.3. The lowest BCUT2D eigenvalue weighted by molar-refractivity contribution is -0.140. The minimum absolute atomic E-state index is 0.116. The normalized spacial score (nSPS) is 14.8. The van der Waals surface area contributed by atoms with Gasteiger partial charge in [-0.2, -0.15) is 0 Å². The van der Waals surface area contributed by atoms with E-state index in [4.69, 9.17) is 0 Å². The predicted molar refractivity (Wildman–Crippen MR) is 181 cm³/mol. The third-order valence-corrected chi connectivity index (χ3v) is 9.44. The molecule has 0 saturated heterocycles. The predicted octanol–water partition coefficient (Wildman–Crippen LogP) is 4.20. The average molecular weight is 641 g/mol. The summed E-state index contributed by atoms with van der Waals surface area (Å²) in [6.45, 7) is 15.0. The van der Waals surface area contributed by atoms with Crippen molar-refractivity contribution in [2.45, 2.75) is 85.4 Å². The molecule has 3 atom stereocenters. The molecule has 0 saturated carbocycles. The summed E-state index contributed by atoms with van der Waals surface area (Å²) in [4.78, 5) is 42.3. The minimum Gasteiger partial charge on any atom is -0.342 e. The minimum atomic E-state index is -3.88. The molecule has 3 amide bonds. The summed E-state index contributed by atoms with van der Waals surface area (Å²) in [7, 11) is -0.515. The van der Waals surface area contributed by atoms with Crippen molar-refractivity contribution in [1.29, 1.82) is 0 Å². The fraction of sp³-hybridized carbons (Fsp3) is 0.514. The highest BCUT2D eigenvalue weighted by Gasteiger charge is 2.41. The Balaban J connectivity index is 2.25. The van der Waals surface area contributed by atoms with Crippen LogP contribution >= 0.6 is 0 Å². The van der Waals surface area contributed by atoms with Gasteiger partial charge >= 0.3 is 0 Å². The van der Waals surface area contributed by atoms with E-state index in [9.17, 15) is 22.8 Å². The Bertz CT molecular complexity index is 1430. The van der Waals surface area contributed by atoms with Crippen LogP contribution < -0.4 is 15.4 Å². The van der Waals surface area contributed by atoms with Gasteiger partial charge in [-0.05, 0) is 42.9 Å². The van der Waals surface area contributed by atoms with E-state index in [1.165, 1.54) is 11.8 Å². The lowest BCUT2D eigenvalue weighted by Gasteiger charge is -2.40. The van der Waals surface area contributed by atoms with Gasteiger partial charge in [0.05, 0.1) is 17.8 Å². The van der Waals surface area contributed by atoms with Crippen molar-refractivity contribution in [2.75, 3.05) is 19.8 Å². The van der Waals surface area contributed by atoms with Gasteiger partial charge in [-0.15, -0.1) is 0 Å². The van der Waals surface area contributed by atoms with Crippen LogP contribution in [0, 0.1) is 11.3 Å². The Labute approximate surface area is 270 Å². The number of nitrogens with zero attached hydrogens (tertiary/aromatic N) is 1. The molecule has 248 valence electrons. The van der Waals surface area contributed by atoms with Crippen molar-refractivity contribution in [3.8, 4) is 0 Å². The van der Waals surface area contributed by atoms with Gasteiger partial charge in [0.1, 0.15) is 6.04 Å². The second-order valence-corrected chi connectivity index (χ2v) is 15.5. The van der Waals surface area contributed by atoms with Crippen LogP contribution in [0.15, 0.2) is 72.3 Å². The van der Waals surface area contributed by atoms with Crippen molar-refractivity contribution >= 4 is 27.7 Å². The Morgan fingerprint density at radius 2 is 1.42 bits per heavy atom. The van der Waals surface area contributed by atoms with Crippen molar-refractivity contribution in [2.24, 2.45) is 11.3 Å². The first-order valence-corrected chi connectivity index (χ1v) is 17.0. The topological polar surface area (TPSA) is 125 Å². The summed E-state index contributed by atoms with van der Waals surface area (Å²) >= 11 is 0. The Hall–Kier alpha value is -3.50.